The SMILES string of the molecule is CCCN(C(=O)c1cc([N+](=O)[O-])ccc1NCC)C1CC1. The number of nitro groups is 1. The van der Waals surface area contributed by atoms with Gasteiger partial charge in [0.15, 0.2) is 0 Å². The molecule has 0 spiro atoms. The van der Waals surface area contributed by atoms with Gasteiger partial charge in [-0.05, 0) is 32.3 Å². The lowest BCUT2D eigenvalue weighted by Crippen LogP contribution is -2.34. The summed E-state index contributed by atoms with van der Waals surface area (Å²) in [6, 6.07) is 4.72. The number of carbonyl (C=O) groups excluding carboxylic acids is 1. The molecule has 6 heteroatoms. The quantitative estimate of drug-likeness (QED) is 0.619. The molecule has 114 valence electrons. The van der Waals surface area contributed by atoms with Crippen LogP contribution in [0.4, 0.5) is 11.4 Å². The van der Waals surface area contributed by atoms with Crippen LogP contribution in [0.2, 0.25) is 0 Å². The van der Waals surface area contributed by atoms with E-state index in [9.17, 15) is 14.9 Å². The van der Waals surface area contributed by atoms with Crippen molar-refractivity contribution >= 4 is 17.3 Å². The number of nitrogens with zero attached hydrogens (tertiary/aromatic N) is 2. The zero-order chi connectivity index (χ0) is 15.4. The maximum absolute atomic E-state index is 12.8. The van der Waals surface area contributed by atoms with Crippen LogP contribution in [-0.2, 0) is 0 Å². The molecule has 0 bridgehead atoms. The Hall–Kier alpha value is -2.11. The molecule has 6 nitrogen and oxygen atoms in total. The molecule has 1 saturated carbocycles. The number of anilines is 1. The Kier molecular flexibility index (Phi) is 4.77. The summed E-state index contributed by atoms with van der Waals surface area (Å²) in [6.45, 7) is 5.31. The molecule has 1 aromatic carbocycles. The second-order valence-electron chi connectivity index (χ2n) is 5.25. The molecule has 0 heterocycles. The predicted molar refractivity (Wildman–Crippen MR) is 81.6 cm³/mol. The summed E-state index contributed by atoms with van der Waals surface area (Å²) >= 11 is 0. The van der Waals surface area contributed by atoms with Crippen LogP contribution in [0.1, 0.15) is 43.5 Å². The number of nitro benzene ring substituents is 1. The summed E-state index contributed by atoms with van der Waals surface area (Å²) in [5.41, 5.74) is 1.01. The van der Waals surface area contributed by atoms with Crippen molar-refractivity contribution in [2.75, 3.05) is 18.4 Å². The van der Waals surface area contributed by atoms with Gasteiger partial charge in [0.05, 0.1) is 10.5 Å². The zero-order valence-electron chi connectivity index (χ0n) is 12.5. The van der Waals surface area contributed by atoms with E-state index in [-0.39, 0.29) is 11.6 Å². The average molecular weight is 291 g/mol. The molecule has 1 aliphatic carbocycles. The molecule has 0 aliphatic heterocycles. The molecule has 0 radical (unpaired) electrons. The van der Waals surface area contributed by atoms with Crippen molar-refractivity contribution in [1.82, 2.24) is 4.90 Å². The molecular weight excluding hydrogens is 270 g/mol. The van der Waals surface area contributed by atoms with E-state index in [1.165, 1.54) is 12.1 Å². The van der Waals surface area contributed by atoms with Gasteiger partial charge < -0.3 is 10.2 Å². The van der Waals surface area contributed by atoms with Crippen molar-refractivity contribution in [2.24, 2.45) is 0 Å². The van der Waals surface area contributed by atoms with Crippen LogP contribution in [0.15, 0.2) is 18.2 Å². The lowest BCUT2D eigenvalue weighted by molar-refractivity contribution is -0.384. The third kappa shape index (κ3) is 3.51. The Morgan fingerprint density at radius 3 is 2.67 bits per heavy atom. The number of benzene rings is 1. The number of hydrogen-bond acceptors (Lipinski definition) is 4. The van der Waals surface area contributed by atoms with E-state index in [1.807, 2.05) is 18.7 Å². The molecule has 1 aliphatic rings. The maximum Gasteiger partial charge on any atom is 0.270 e. The largest absolute Gasteiger partial charge is 0.385 e. The topological polar surface area (TPSA) is 75.5 Å². The summed E-state index contributed by atoms with van der Waals surface area (Å²) in [6.07, 6.45) is 2.93. The third-order valence-corrected chi connectivity index (χ3v) is 3.52. The minimum atomic E-state index is -0.464. The van der Waals surface area contributed by atoms with Crippen molar-refractivity contribution in [2.45, 2.75) is 39.2 Å². The highest BCUT2D eigenvalue weighted by atomic mass is 16.6. The van der Waals surface area contributed by atoms with Crippen molar-refractivity contribution in [3.05, 3.63) is 33.9 Å². The first-order valence-corrected chi connectivity index (χ1v) is 7.41. The van der Waals surface area contributed by atoms with Crippen LogP contribution in [0.3, 0.4) is 0 Å². The lowest BCUT2D eigenvalue weighted by atomic mass is 10.1. The molecule has 0 aromatic heterocycles. The smallest absolute Gasteiger partial charge is 0.270 e. The van der Waals surface area contributed by atoms with E-state index in [2.05, 4.69) is 5.32 Å². The van der Waals surface area contributed by atoms with E-state index in [4.69, 9.17) is 0 Å². The molecule has 0 unspecified atom stereocenters. The van der Waals surface area contributed by atoms with Gasteiger partial charge in [-0.3, -0.25) is 14.9 Å². The van der Waals surface area contributed by atoms with Crippen molar-refractivity contribution in [3.63, 3.8) is 0 Å². The van der Waals surface area contributed by atoms with Crippen LogP contribution in [-0.4, -0.2) is 34.9 Å². The summed E-state index contributed by atoms with van der Waals surface area (Å²) in [5, 5.41) is 14.1. The van der Waals surface area contributed by atoms with E-state index >= 15 is 0 Å². The molecule has 0 atom stereocenters. The number of carbonyl (C=O) groups is 1. The van der Waals surface area contributed by atoms with Gasteiger partial charge >= 0.3 is 0 Å². The molecule has 1 N–H and O–H groups in total. The van der Waals surface area contributed by atoms with E-state index in [1.54, 1.807) is 6.07 Å². The van der Waals surface area contributed by atoms with Gasteiger partial charge in [0.2, 0.25) is 0 Å². The Bertz CT molecular complexity index is 541. The fourth-order valence-corrected chi connectivity index (χ4v) is 2.40. The zero-order valence-corrected chi connectivity index (χ0v) is 12.5. The first-order valence-electron chi connectivity index (χ1n) is 7.41. The molecule has 1 fully saturated rings. The summed E-state index contributed by atoms with van der Waals surface area (Å²) in [5.74, 6) is -0.112. The van der Waals surface area contributed by atoms with Crippen LogP contribution >= 0.6 is 0 Å². The van der Waals surface area contributed by atoms with E-state index in [0.29, 0.717) is 30.4 Å². The van der Waals surface area contributed by atoms with Crippen LogP contribution in [0.5, 0.6) is 0 Å². The first kappa shape index (κ1) is 15.3. The van der Waals surface area contributed by atoms with Gasteiger partial charge in [0.25, 0.3) is 11.6 Å². The van der Waals surface area contributed by atoms with Gasteiger partial charge in [-0.25, -0.2) is 0 Å². The Labute approximate surface area is 124 Å². The fourth-order valence-electron chi connectivity index (χ4n) is 2.40. The fraction of sp³-hybridized carbons (Fsp3) is 0.533. The minimum Gasteiger partial charge on any atom is -0.385 e. The standard InChI is InChI=1S/C15H21N3O3/c1-3-9-17(11-5-6-11)15(19)13-10-12(18(20)21)7-8-14(13)16-4-2/h7-8,10-11,16H,3-6,9H2,1-2H3. The van der Waals surface area contributed by atoms with Crippen molar-refractivity contribution < 1.29 is 9.72 Å². The summed E-state index contributed by atoms with van der Waals surface area (Å²) in [7, 11) is 0. The van der Waals surface area contributed by atoms with Gasteiger partial charge in [0.1, 0.15) is 0 Å². The van der Waals surface area contributed by atoms with Crippen LogP contribution < -0.4 is 5.32 Å². The Morgan fingerprint density at radius 2 is 2.14 bits per heavy atom. The molecule has 2 rings (SSSR count). The molecule has 21 heavy (non-hydrogen) atoms. The number of nitrogens with one attached hydrogen (secondary N) is 1. The number of hydrogen-bond donors (Lipinski definition) is 1. The summed E-state index contributed by atoms with van der Waals surface area (Å²) < 4.78 is 0. The van der Waals surface area contributed by atoms with Gasteiger partial charge in [-0.15, -0.1) is 0 Å². The second kappa shape index (κ2) is 6.56. The number of rotatable bonds is 7. The average Bonchev–Trinajstić information content (AvgIpc) is 3.29. The summed E-state index contributed by atoms with van der Waals surface area (Å²) in [4.78, 5) is 25.1. The minimum absolute atomic E-state index is 0.0488. The van der Waals surface area contributed by atoms with E-state index in [0.717, 1.165) is 19.3 Å². The third-order valence-electron chi connectivity index (χ3n) is 3.52. The van der Waals surface area contributed by atoms with Crippen molar-refractivity contribution in [1.29, 1.82) is 0 Å². The first-order chi connectivity index (χ1) is 10.1. The van der Waals surface area contributed by atoms with Gasteiger partial charge in [-0.2, -0.15) is 0 Å². The molecule has 1 amide bonds. The van der Waals surface area contributed by atoms with Gasteiger partial charge in [0, 0.05) is 37.0 Å². The Morgan fingerprint density at radius 1 is 1.43 bits per heavy atom. The lowest BCUT2D eigenvalue weighted by Gasteiger charge is -2.23. The normalized spacial score (nSPS) is 13.8. The van der Waals surface area contributed by atoms with Crippen molar-refractivity contribution in [3.8, 4) is 0 Å². The van der Waals surface area contributed by atoms with Crippen LogP contribution in [0.25, 0.3) is 0 Å². The highest BCUT2D eigenvalue weighted by molar-refractivity contribution is 6.00. The maximum atomic E-state index is 12.8. The molecule has 1 aromatic rings. The molecular formula is C15H21N3O3. The number of non-ortho nitro benzene ring substituents is 1. The Balaban J connectivity index is 2.35. The second-order valence-corrected chi connectivity index (χ2v) is 5.25. The number of amides is 1. The molecule has 0 saturated heterocycles. The highest BCUT2D eigenvalue weighted by Crippen LogP contribution is 2.31. The van der Waals surface area contributed by atoms with Gasteiger partial charge in [-0.1, -0.05) is 6.92 Å². The predicted octanol–water partition coefficient (Wildman–Crippen LogP) is 3.04. The van der Waals surface area contributed by atoms with Crippen LogP contribution in [0, 0.1) is 10.1 Å². The monoisotopic (exact) mass is 291 g/mol. The highest BCUT2D eigenvalue weighted by Gasteiger charge is 2.33. The van der Waals surface area contributed by atoms with E-state index < -0.39 is 4.92 Å².